The summed E-state index contributed by atoms with van der Waals surface area (Å²) in [6.45, 7) is 4.71. The molecular weight excluding hydrogens is 745 g/mol. The molecule has 0 bridgehead atoms. The van der Waals surface area contributed by atoms with E-state index in [1.807, 2.05) is 11.3 Å². The highest BCUT2D eigenvalue weighted by atomic mass is 32.1. The number of aromatic nitrogens is 1. The second-order valence-corrected chi connectivity index (χ2v) is 17.6. The van der Waals surface area contributed by atoms with Crippen LogP contribution in [-0.4, -0.2) is 4.57 Å². The summed E-state index contributed by atoms with van der Waals surface area (Å²) < 4.78 is 5.07. The zero-order valence-corrected chi connectivity index (χ0v) is 34.2. The molecule has 0 fully saturated rings. The van der Waals surface area contributed by atoms with Crippen LogP contribution in [-0.2, 0) is 5.41 Å². The third kappa shape index (κ3) is 5.33. The summed E-state index contributed by atoms with van der Waals surface area (Å²) in [5.74, 6) is 0. The van der Waals surface area contributed by atoms with Gasteiger partial charge in [0.05, 0.1) is 11.0 Å². The standard InChI is InChI=1S/C57H40N2S/c1-57(2)51-22-12-9-19-44(51)45-31-30-42(36-52(45)57)58(40-17-7-4-8-18-40)41-28-25-38(26-29-41)48-34-43(35-50-47-21-11-14-24-55(47)60-56(48)50)59-53-23-13-10-20-46(53)49-33-39(27-32-54(49)59)37-15-5-3-6-16-37/h3-36H,1-2H3. The van der Waals surface area contributed by atoms with E-state index in [1.54, 1.807) is 0 Å². The third-order valence-electron chi connectivity index (χ3n) is 12.8. The van der Waals surface area contributed by atoms with E-state index in [-0.39, 0.29) is 5.41 Å². The summed E-state index contributed by atoms with van der Waals surface area (Å²) in [5, 5.41) is 5.09. The third-order valence-corrected chi connectivity index (χ3v) is 14.0. The van der Waals surface area contributed by atoms with E-state index >= 15 is 0 Å². The zero-order valence-electron chi connectivity index (χ0n) is 33.4. The fourth-order valence-corrected chi connectivity index (χ4v) is 11.1. The van der Waals surface area contributed by atoms with Gasteiger partial charge in [-0.25, -0.2) is 0 Å². The zero-order chi connectivity index (χ0) is 40.0. The Balaban J connectivity index is 1.02. The van der Waals surface area contributed by atoms with E-state index in [4.69, 9.17) is 0 Å². The Morgan fingerprint density at radius 1 is 0.400 bits per heavy atom. The van der Waals surface area contributed by atoms with Crippen LogP contribution in [0.1, 0.15) is 25.0 Å². The molecule has 1 aliphatic rings. The molecule has 284 valence electrons. The summed E-state index contributed by atoms with van der Waals surface area (Å²) in [6, 6.07) is 76.0. The lowest BCUT2D eigenvalue weighted by Gasteiger charge is -2.28. The lowest BCUT2D eigenvalue weighted by Crippen LogP contribution is -2.16. The lowest BCUT2D eigenvalue weighted by molar-refractivity contribution is 0.660. The van der Waals surface area contributed by atoms with E-state index in [2.05, 4.69) is 230 Å². The quantitative estimate of drug-likeness (QED) is 0.163. The van der Waals surface area contributed by atoms with Crippen molar-refractivity contribution in [2.24, 2.45) is 0 Å². The van der Waals surface area contributed by atoms with Gasteiger partial charge in [-0.3, -0.25) is 0 Å². The molecule has 9 aromatic carbocycles. The minimum absolute atomic E-state index is 0.0880. The SMILES string of the molecule is CC1(C)c2ccccc2-c2ccc(N(c3ccccc3)c3ccc(-c4cc(-n5c6ccccc6c6cc(-c7ccccc7)ccc65)cc5c4sc4ccccc45)cc3)cc21. The molecule has 3 heteroatoms. The number of rotatable bonds is 6. The Hall–Kier alpha value is -7.20. The summed E-state index contributed by atoms with van der Waals surface area (Å²) >= 11 is 1.89. The normalized spacial score (nSPS) is 13.0. The van der Waals surface area contributed by atoms with Crippen LogP contribution in [0.5, 0.6) is 0 Å². The molecule has 0 radical (unpaired) electrons. The molecule has 2 aromatic heterocycles. The van der Waals surface area contributed by atoms with Crippen molar-refractivity contribution < 1.29 is 0 Å². The van der Waals surface area contributed by atoms with E-state index in [0.29, 0.717) is 0 Å². The van der Waals surface area contributed by atoms with Crippen LogP contribution in [0.25, 0.3) is 81.0 Å². The van der Waals surface area contributed by atoms with Crippen LogP contribution in [0.4, 0.5) is 17.1 Å². The molecule has 0 spiro atoms. The van der Waals surface area contributed by atoms with Crippen LogP contribution in [0.2, 0.25) is 0 Å². The van der Waals surface area contributed by atoms with Crippen molar-refractivity contribution in [1.82, 2.24) is 4.57 Å². The number of anilines is 3. The van der Waals surface area contributed by atoms with Gasteiger partial charge in [-0.2, -0.15) is 0 Å². The topological polar surface area (TPSA) is 8.17 Å². The Labute approximate surface area is 353 Å². The van der Waals surface area contributed by atoms with Gasteiger partial charge in [-0.15, -0.1) is 11.3 Å². The molecule has 0 saturated heterocycles. The molecule has 0 atom stereocenters. The molecule has 0 N–H and O–H groups in total. The number of para-hydroxylation sites is 2. The molecule has 60 heavy (non-hydrogen) atoms. The first-order valence-corrected chi connectivity index (χ1v) is 21.6. The number of hydrogen-bond donors (Lipinski definition) is 0. The number of thiophene rings is 1. The summed E-state index contributed by atoms with van der Waals surface area (Å²) in [7, 11) is 0. The summed E-state index contributed by atoms with van der Waals surface area (Å²) in [5.41, 5.74) is 17.2. The smallest absolute Gasteiger partial charge is 0.0541 e. The highest BCUT2D eigenvalue weighted by Crippen LogP contribution is 2.51. The maximum Gasteiger partial charge on any atom is 0.0541 e. The van der Waals surface area contributed by atoms with Gasteiger partial charge in [0.15, 0.2) is 0 Å². The lowest BCUT2D eigenvalue weighted by atomic mass is 9.82. The Kier molecular flexibility index (Phi) is 7.79. The fraction of sp³-hybridized carbons (Fsp3) is 0.0526. The number of fused-ring (bicyclic) bond motifs is 9. The van der Waals surface area contributed by atoms with E-state index in [1.165, 1.54) is 86.5 Å². The molecule has 2 heterocycles. The van der Waals surface area contributed by atoms with Crippen LogP contribution in [0.15, 0.2) is 206 Å². The number of nitrogens with zero attached hydrogens (tertiary/aromatic N) is 2. The van der Waals surface area contributed by atoms with Crippen LogP contribution < -0.4 is 4.90 Å². The monoisotopic (exact) mass is 784 g/mol. The molecular formula is C57H40N2S. The minimum atomic E-state index is -0.0880. The van der Waals surface area contributed by atoms with Gasteiger partial charge in [0.2, 0.25) is 0 Å². The van der Waals surface area contributed by atoms with Crippen molar-refractivity contribution in [2.45, 2.75) is 19.3 Å². The van der Waals surface area contributed by atoms with Crippen molar-refractivity contribution in [2.75, 3.05) is 4.90 Å². The maximum atomic E-state index is 2.47. The number of benzene rings is 9. The second-order valence-electron chi connectivity index (χ2n) is 16.5. The van der Waals surface area contributed by atoms with Crippen molar-refractivity contribution in [3.8, 4) is 39.1 Å². The Bertz CT molecular complexity index is 3450. The van der Waals surface area contributed by atoms with Crippen molar-refractivity contribution in [1.29, 1.82) is 0 Å². The molecule has 0 aliphatic heterocycles. The average molecular weight is 785 g/mol. The largest absolute Gasteiger partial charge is 0.310 e. The molecule has 0 amide bonds. The maximum absolute atomic E-state index is 2.47. The van der Waals surface area contributed by atoms with Gasteiger partial charge in [0, 0.05) is 64.7 Å². The molecule has 1 aliphatic carbocycles. The summed E-state index contributed by atoms with van der Waals surface area (Å²) in [6.07, 6.45) is 0. The van der Waals surface area contributed by atoms with Crippen molar-refractivity contribution >= 4 is 70.4 Å². The van der Waals surface area contributed by atoms with E-state index in [0.717, 1.165) is 22.7 Å². The molecule has 2 nitrogen and oxygen atoms in total. The van der Waals surface area contributed by atoms with E-state index in [9.17, 15) is 0 Å². The molecule has 0 unspecified atom stereocenters. The van der Waals surface area contributed by atoms with Gasteiger partial charge >= 0.3 is 0 Å². The van der Waals surface area contributed by atoms with Gasteiger partial charge in [0.1, 0.15) is 0 Å². The highest BCUT2D eigenvalue weighted by Gasteiger charge is 2.35. The predicted molar refractivity (Wildman–Crippen MR) is 257 cm³/mol. The average Bonchev–Trinajstić information content (AvgIpc) is 3.92. The van der Waals surface area contributed by atoms with E-state index < -0.39 is 0 Å². The second kappa shape index (κ2) is 13.4. The van der Waals surface area contributed by atoms with Gasteiger partial charge in [-0.1, -0.05) is 147 Å². The molecule has 0 saturated carbocycles. The van der Waals surface area contributed by atoms with Gasteiger partial charge in [0.25, 0.3) is 0 Å². The highest BCUT2D eigenvalue weighted by molar-refractivity contribution is 7.26. The first kappa shape index (κ1) is 34.8. The van der Waals surface area contributed by atoms with Crippen molar-refractivity contribution in [3.63, 3.8) is 0 Å². The minimum Gasteiger partial charge on any atom is -0.310 e. The van der Waals surface area contributed by atoms with Crippen LogP contribution in [0.3, 0.4) is 0 Å². The van der Waals surface area contributed by atoms with Gasteiger partial charge < -0.3 is 9.47 Å². The molecule has 12 rings (SSSR count). The summed E-state index contributed by atoms with van der Waals surface area (Å²) in [4.78, 5) is 2.40. The van der Waals surface area contributed by atoms with Crippen LogP contribution >= 0.6 is 11.3 Å². The fourth-order valence-electron chi connectivity index (χ4n) is 9.86. The van der Waals surface area contributed by atoms with Crippen LogP contribution in [0, 0.1) is 0 Å². The van der Waals surface area contributed by atoms with Gasteiger partial charge in [-0.05, 0) is 112 Å². The molecule has 11 aromatic rings. The Morgan fingerprint density at radius 2 is 1.03 bits per heavy atom. The number of hydrogen-bond acceptors (Lipinski definition) is 2. The predicted octanol–water partition coefficient (Wildman–Crippen LogP) is 16.3. The first-order chi connectivity index (χ1) is 29.5. The first-order valence-electron chi connectivity index (χ1n) is 20.8. The Morgan fingerprint density at radius 3 is 1.87 bits per heavy atom. The van der Waals surface area contributed by atoms with Crippen molar-refractivity contribution in [3.05, 3.63) is 217 Å².